The molecule has 0 saturated carbocycles. The number of hydrogen-bond donors (Lipinski definition) is 6. The molecule has 0 radical (unpaired) electrons. The van der Waals surface area contributed by atoms with Gasteiger partial charge in [0.05, 0.1) is 12.2 Å². The third-order valence-corrected chi connectivity index (χ3v) is 3.60. The third-order valence-electron chi connectivity index (χ3n) is 3.60. The van der Waals surface area contributed by atoms with Crippen LogP contribution in [0.2, 0.25) is 0 Å². The quantitative estimate of drug-likeness (QED) is 0.328. The lowest BCUT2D eigenvalue weighted by Crippen LogP contribution is -2.44. The molecule has 0 saturated heterocycles. The van der Waals surface area contributed by atoms with Gasteiger partial charge in [-0.05, 0) is 39.8 Å². The van der Waals surface area contributed by atoms with E-state index in [1.165, 1.54) is 0 Å². The Hall–Kier alpha value is -2.22. The van der Waals surface area contributed by atoms with Gasteiger partial charge in [0.1, 0.15) is 17.6 Å². The molecule has 0 aromatic carbocycles. The molecule has 2 rings (SSSR count). The fourth-order valence-electron chi connectivity index (χ4n) is 2.35. The van der Waals surface area contributed by atoms with Gasteiger partial charge in [0, 0.05) is 0 Å². The van der Waals surface area contributed by atoms with Crippen LogP contribution in [0.25, 0.3) is 0 Å². The first-order valence-corrected chi connectivity index (χ1v) is 9.08. The molecule has 12 heteroatoms. The molecule has 0 fully saturated rings. The lowest BCUT2D eigenvalue weighted by molar-refractivity contribution is -0.231. The first-order chi connectivity index (χ1) is 13.8. The van der Waals surface area contributed by atoms with Crippen molar-refractivity contribution in [2.24, 2.45) is 0 Å². The monoisotopic (exact) mass is 436 g/mol. The van der Waals surface area contributed by atoms with E-state index in [2.05, 4.69) is 0 Å². The molecule has 6 N–H and O–H groups in total. The second-order valence-electron chi connectivity index (χ2n) is 6.97. The number of aliphatic hydroxyl groups is 4. The zero-order valence-corrected chi connectivity index (χ0v) is 16.9. The molecule has 0 amide bonds. The fourth-order valence-corrected chi connectivity index (χ4v) is 2.35. The Balaban J connectivity index is 0.000000300. The molecule has 6 atom stereocenters. The van der Waals surface area contributed by atoms with Crippen LogP contribution < -0.4 is 0 Å². The number of aliphatic hydroxyl groups excluding tert-OH is 4. The summed E-state index contributed by atoms with van der Waals surface area (Å²) in [5, 5.41) is 54.7. The minimum Gasteiger partial charge on any atom is -0.510 e. The van der Waals surface area contributed by atoms with E-state index in [4.69, 9.17) is 29.2 Å². The summed E-state index contributed by atoms with van der Waals surface area (Å²) in [4.78, 5) is 21.3. The smallest absolute Gasteiger partial charge is 0.340 e. The summed E-state index contributed by atoms with van der Waals surface area (Å²) < 4.78 is 20.1. The topological polar surface area (TPSA) is 192 Å². The standard InChI is InChI=1S/2C9H14O6/c1-4(2)14-9-6(11)3-5(10)7(15-9)8(12)13;1-4(2)14-9-7(11)5(10)3-6(15-9)8(12)13/h2*3-4,6-7,9-11H,1-2H3,(H,12,13)/t6-,7?,9+;6?,7-,9+/m00/s1. The second-order valence-corrected chi connectivity index (χ2v) is 6.97. The van der Waals surface area contributed by atoms with Crippen LogP contribution in [-0.2, 0) is 28.5 Å². The molecule has 0 aromatic rings. The van der Waals surface area contributed by atoms with Crippen molar-refractivity contribution in [3.63, 3.8) is 0 Å². The van der Waals surface area contributed by atoms with Crippen molar-refractivity contribution in [1.82, 2.24) is 0 Å². The number of carboxylic acid groups (broad SMARTS) is 2. The summed E-state index contributed by atoms with van der Waals surface area (Å²) in [5.74, 6) is -3.53. The van der Waals surface area contributed by atoms with E-state index in [0.29, 0.717) is 0 Å². The van der Waals surface area contributed by atoms with Crippen LogP contribution in [0, 0.1) is 0 Å². The van der Waals surface area contributed by atoms with Crippen molar-refractivity contribution in [3.05, 3.63) is 23.7 Å². The zero-order valence-electron chi connectivity index (χ0n) is 16.9. The average Bonchev–Trinajstić information content (AvgIpc) is 2.60. The van der Waals surface area contributed by atoms with Crippen LogP contribution in [0.4, 0.5) is 0 Å². The summed E-state index contributed by atoms with van der Waals surface area (Å²) >= 11 is 0. The van der Waals surface area contributed by atoms with Gasteiger partial charge in [0.15, 0.2) is 24.8 Å². The van der Waals surface area contributed by atoms with Crippen molar-refractivity contribution in [1.29, 1.82) is 0 Å². The number of hydrogen-bond acceptors (Lipinski definition) is 10. The zero-order chi connectivity index (χ0) is 23.2. The molecule has 0 bridgehead atoms. The van der Waals surface area contributed by atoms with Gasteiger partial charge in [-0.15, -0.1) is 0 Å². The van der Waals surface area contributed by atoms with E-state index in [-0.39, 0.29) is 12.2 Å². The number of carbonyl (C=O) groups is 2. The highest BCUT2D eigenvalue weighted by molar-refractivity contribution is 5.76. The maximum Gasteiger partial charge on any atom is 0.340 e. The Morgan fingerprint density at radius 3 is 1.87 bits per heavy atom. The molecule has 2 unspecified atom stereocenters. The normalized spacial score (nSPS) is 31.5. The predicted octanol–water partition coefficient (Wildman–Crippen LogP) is 0.0474. The van der Waals surface area contributed by atoms with E-state index < -0.39 is 60.5 Å². The summed E-state index contributed by atoms with van der Waals surface area (Å²) in [6.45, 7) is 6.87. The van der Waals surface area contributed by atoms with E-state index >= 15 is 0 Å². The lowest BCUT2D eigenvalue weighted by atomic mass is 10.1. The van der Waals surface area contributed by atoms with Gasteiger partial charge in [-0.25, -0.2) is 9.59 Å². The van der Waals surface area contributed by atoms with Gasteiger partial charge < -0.3 is 49.6 Å². The van der Waals surface area contributed by atoms with E-state index in [0.717, 1.165) is 12.2 Å². The number of aliphatic carboxylic acids is 2. The maximum atomic E-state index is 10.6. The fraction of sp³-hybridized carbons (Fsp3) is 0.667. The molecule has 2 aliphatic rings. The Morgan fingerprint density at radius 1 is 0.867 bits per heavy atom. The summed E-state index contributed by atoms with van der Waals surface area (Å²) in [7, 11) is 0. The first-order valence-electron chi connectivity index (χ1n) is 9.08. The Morgan fingerprint density at radius 2 is 1.40 bits per heavy atom. The molecule has 2 heterocycles. The Bertz CT molecular complexity index is 656. The van der Waals surface area contributed by atoms with Crippen LogP contribution in [0.3, 0.4) is 0 Å². The van der Waals surface area contributed by atoms with Gasteiger partial charge >= 0.3 is 11.9 Å². The van der Waals surface area contributed by atoms with Crippen molar-refractivity contribution in [2.45, 2.75) is 76.9 Å². The maximum absolute atomic E-state index is 10.6. The Kier molecular flexibility index (Phi) is 9.68. The second kappa shape index (κ2) is 11.2. The highest BCUT2D eigenvalue weighted by atomic mass is 16.7. The lowest BCUT2D eigenvalue weighted by Gasteiger charge is -2.30. The van der Waals surface area contributed by atoms with Crippen molar-refractivity contribution >= 4 is 11.9 Å². The molecule has 2 aliphatic heterocycles. The van der Waals surface area contributed by atoms with Crippen LogP contribution in [0.1, 0.15) is 27.7 Å². The molecule has 0 aliphatic carbocycles. The SMILES string of the molecule is CC(C)O[C@@H]1OC(C(=O)O)C(O)=C[C@@H]1O.CC(C)O[C@@H]1OC(C(=O)O)C=C(O)[C@@H]1O. The molecule has 0 spiro atoms. The number of rotatable bonds is 6. The van der Waals surface area contributed by atoms with Crippen molar-refractivity contribution in [2.75, 3.05) is 0 Å². The summed E-state index contributed by atoms with van der Waals surface area (Å²) in [6, 6.07) is 0. The van der Waals surface area contributed by atoms with Gasteiger partial charge in [0.25, 0.3) is 0 Å². The van der Waals surface area contributed by atoms with Crippen LogP contribution in [0.5, 0.6) is 0 Å². The molecular weight excluding hydrogens is 408 g/mol. The van der Waals surface area contributed by atoms with Crippen LogP contribution in [0.15, 0.2) is 23.7 Å². The minimum atomic E-state index is -1.47. The number of carboxylic acids is 2. The Labute approximate surface area is 172 Å². The van der Waals surface area contributed by atoms with Crippen molar-refractivity contribution < 1.29 is 59.2 Å². The third kappa shape index (κ3) is 7.55. The molecular formula is C18H28O12. The molecule has 0 aromatic heterocycles. The predicted molar refractivity (Wildman–Crippen MR) is 98.5 cm³/mol. The van der Waals surface area contributed by atoms with E-state index in [1.54, 1.807) is 27.7 Å². The molecule has 30 heavy (non-hydrogen) atoms. The van der Waals surface area contributed by atoms with Gasteiger partial charge in [-0.2, -0.15) is 0 Å². The van der Waals surface area contributed by atoms with Crippen molar-refractivity contribution in [3.8, 4) is 0 Å². The molecule has 12 nitrogen and oxygen atoms in total. The van der Waals surface area contributed by atoms with E-state index in [1.807, 2.05) is 0 Å². The summed E-state index contributed by atoms with van der Waals surface area (Å²) in [5.41, 5.74) is 0. The minimum absolute atomic E-state index is 0.215. The highest BCUT2D eigenvalue weighted by Gasteiger charge is 2.37. The van der Waals surface area contributed by atoms with Crippen LogP contribution >= 0.6 is 0 Å². The van der Waals surface area contributed by atoms with Gasteiger partial charge in [-0.1, -0.05) is 0 Å². The summed E-state index contributed by atoms with van der Waals surface area (Å²) in [6.07, 6.45) is -6.01. The number of ether oxygens (including phenoxy) is 4. The molecule has 172 valence electrons. The first kappa shape index (κ1) is 25.8. The van der Waals surface area contributed by atoms with Gasteiger partial charge in [0.2, 0.25) is 6.10 Å². The largest absolute Gasteiger partial charge is 0.510 e. The highest BCUT2D eigenvalue weighted by Crippen LogP contribution is 2.21. The van der Waals surface area contributed by atoms with Gasteiger partial charge in [-0.3, -0.25) is 0 Å². The van der Waals surface area contributed by atoms with Crippen LogP contribution in [-0.4, -0.2) is 91.8 Å². The average molecular weight is 436 g/mol. The van der Waals surface area contributed by atoms with E-state index in [9.17, 15) is 30.0 Å².